The average Bonchev–Trinajstić information content (AvgIpc) is 2.67. The second kappa shape index (κ2) is 7.87. The third-order valence-corrected chi connectivity index (χ3v) is 4.59. The number of aromatic amines is 1. The highest BCUT2D eigenvalue weighted by atomic mass is 16.5. The van der Waals surface area contributed by atoms with E-state index in [1.54, 1.807) is 7.11 Å². The molecule has 0 fully saturated rings. The van der Waals surface area contributed by atoms with Gasteiger partial charge in [0.25, 0.3) is 5.56 Å². The van der Waals surface area contributed by atoms with Gasteiger partial charge in [-0.05, 0) is 55.2 Å². The summed E-state index contributed by atoms with van der Waals surface area (Å²) in [5.74, 6) is 0.852. The zero-order valence-corrected chi connectivity index (χ0v) is 15.4. The predicted octanol–water partition coefficient (Wildman–Crippen LogP) is 5.05. The van der Waals surface area contributed by atoms with Gasteiger partial charge in [-0.25, -0.2) is 0 Å². The van der Waals surface area contributed by atoms with Crippen molar-refractivity contribution in [2.75, 3.05) is 7.11 Å². The van der Waals surface area contributed by atoms with E-state index in [9.17, 15) is 4.79 Å². The van der Waals surface area contributed by atoms with E-state index < -0.39 is 0 Å². The Bertz CT molecular complexity index is 1020. The van der Waals surface area contributed by atoms with E-state index in [0.717, 1.165) is 39.8 Å². The second-order valence-electron chi connectivity index (χ2n) is 6.20. The number of H-pyrrole nitrogens is 1. The molecule has 1 N–H and O–H groups in total. The molecule has 132 valence electrons. The lowest BCUT2D eigenvalue weighted by molar-refractivity contribution is 0.414. The monoisotopic (exact) mass is 345 g/mol. The molecular weight excluding hydrogens is 322 g/mol. The molecule has 0 amide bonds. The Balaban J connectivity index is 1.89. The zero-order valence-electron chi connectivity index (χ0n) is 15.4. The van der Waals surface area contributed by atoms with E-state index in [4.69, 9.17) is 4.74 Å². The Labute approximate surface area is 153 Å². The number of ether oxygens (including phenoxy) is 1. The van der Waals surface area contributed by atoms with Crippen molar-refractivity contribution in [2.24, 2.45) is 0 Å². The van der Waals surface area contributed by atoms with Crippen LogP contribution >= 0.6 is 0 Å². The smallest absolute Gasteiger partial charge is 0.256 e. The fourth-order valence-corrected chi connectivity index (χ4v) is 3.16. The van der Waals surface area contributed by atoms with Gasteiger partial charge in [-0.15, -0.1) is 0 Å². The topological polar surface area (TPSA) is 42.1 Å². The molecule has 0 saturated carbocycles. The Morgan fingerprint density at radius 2 is 1.85 bits per heavy atom. The molecule has 3 heteroatoms. The van der Waals surface area contributed by atoms with Crippen molar-refractivity contribution in [1.29, 1.82) is 0 Å². The van der Waals surface area contributed by atoms with Gasteiger partial charge in [-0.2, -0.15) is 0 Å². The third kappa shape index (κ3) is 3.62. The van der Waals surface area contributed by atoms with Gasteiger partial charge in [0.05, 0.1) is 12.7 Å². The highest BCUT2D eigenvalue weighted by Crippen LogP contribution is 2.23. The van der Waals surface area contributed by atoms with Crippen molar-refractivity contribution < 1.29 is 4.74 Å². The molecule has 0 aliphatic carbocycles. The van der Waals surface area contributed by atoms with E-state index >= 15 is 0 Å². The first-order valence-corrected chi connectivity index (χ1v) is 8.72. The highest BCUT2D eigenvalue weighted by Gasteiger charge is 2.11. The Kier molecular flexibility index (Phi) is 5.37. The second-order valence-corrected chi connectivity index (χ2v) is 6.20. The van der Waals surface area contributed by atoms with Crippen LogP contribution in [0.2, 0.25) is 0 Å². The van der Waals surface area contributed by atoms with Crippen molar-refractivity contribution in [2.45, 2.75) is 20.3 Å². The lowest BCUT2D eigenvalue weighted by atomic mass is 9.97. The summed E-state index contributed by atoms with van der Waals surface area (Å²) >= 11 is 0. The number of aryl methyl sites for hydroxylation is 1. The standard InChI is InChI=1S/C23H23NO2/c1-4-18(9-7-8-17-12-14-19(26-3)15-13-17)22-16(2)20-10-5-6-11-21(20)24-23(22)25/h4-7,9-15H,8H2,1-3H3,(H,24,25)/b9-7+,18-4+. The Morgan fingerprint density at radius 1 is 1.12 bits per heavy atom. The number of methoxy groups -OCH3 is 1. The number of rotatable bonds is 5. The summed E-state index contributed by atoms with van der Waals surface area (Å²) in [6.07, 6.45) is 6.89. The molecular formula is C23H23NO2. The van der Waals surface area contributed by atoms with Crippen LogP contribution in [0.3, 0.4) is 0 Å². The summed E-state index contributed by atoms with van der Waals surface area (Å²) in [5, 5.41) is 1.07. The summed E-state index contributed by atoms with van der Waals surface area (Å²) in [6, 6.07) is 15.9. The van der Waals surface area contributed by atoms with Crippen LogP contribution in [-0.4, -0.2) is 12.1 Å². The first-order chi connectivity index (χ1) is 12.6. The van der Waals surface area contributed by atoms with Gasteiger partial charge in [0.2, 0.25) is 0 Å². The number of hydrogen-bond donors (Lipinski definition) is 1. The summed E-state index contributed by atoms with van der Waals surface area (Å²) in [4.78, 5) is 15.6. The minimum atomic E-state index is -0.0524. The molecule has 3 rings (SSSR count). The molecule has 0 unspecified atom stereocenters. The predicted molar refractivity (Wildman–Crippen MR) is 109 cm³/mol. The van der Waals surface area contributed by atoms with Crippen LogP contribution in [0, 0.1) is 6.92 Å². The molecule has 3 aromatic rings. The van der Waals surface area contributed by atoms with Crippen molar-refractivity contribution >= 4 is 16.5 Å². The molecule has 1 heterocycles. The number of hydrogen-bond acceptors (Lipinski definition) is 2. The lowest BCUT2D eigenvalue weighted by Gasteiger charge is -2.09. The SMILES string of the molecule is C/C=C(\C=C\Cc1ccc(OC)cc1)c1c(C)c2ccccc2[nH]c1=O. The molecule has 3 nitrogen and oxygen atoms in total. The molecule has 2 aromatic carbocycles. The van der Waals surface area contributed by atoms with Gasteiger partial charge in [0, 0.05) is 10.9 Å². The van der Waals surface area contributed by atoms with E-state index in [0.29, 0.717) is 0 Å². The molecule has 0 aliphatic heterocycles. The summed E-state index contributed by atoms with van der Waals surface area (Å²) in [6.45, 7) is 3.97. The lowest BCUT2D eigenvalue weighted by Crippen LogP contribution is -2.13. The van der Waals surface area contributed by atoms with E-state index in [2.05, 4.69) is 11.1 Å². The number of para-hydroxylation sites is 1. The number of fused-ring (bicyclic) bond motifs is 1. The van der Waals surface area contributed by atoms with E-state index in [-0.39, 0.29) is 5.56 Å². The minimum absolute atomic E-state index is 0.0524. The molecule has 0 atom stereocenters. The van der Waals surface area contributed by atoms with Gasteiger partial charge >= 0.3 is 0 Å². The molecule has 0 bridgehead atoms. The quantitative estimate of drug-likeness (QED) is 0.658. The van der Waals surface area contributed by atoms with Crippen molar-refractivity contribution in [1.82, 2.24) is 4.98 Å². The number of benzene rings is 2. The average molecular weight is 345 g/mol. The Hall–Kier alpha value is -3.07. The number of nitrogens with one attached hydrogen (secondary N) is 1. The summed E-state index contributed by atoms with van der Waals surface area (Å²) in [5.41, 5.74) is 4.69. The molecule has 0 aliphatic rings. The van der Waals surface area contributed by atoms with Gasteiger partial charge in [0.15, 0.2) is 0 Å². The maximum atomic E-state index is 12.6. The zero-order chi connectivity index (χ0) is 18.5. The van der Waals surface area contributed by atoms with Gasteiger partial charge in [-0.3, -0.25) is 4.79 Å². The van der Waals surface area contributed by atoms with Gasteiger partial charge in [-0.1, -0.05) is 48.6 Å². The first kappa shape index (κ1) is 17.7. The van der Waals surface area contributed by atoms with Crippen molar-refractivity contribution in [3.8, 4) is 5.75 Å². The summed E-state index contributed by atoms with van der Waals surface area (Å²) in [7, 11) is 1.66. The molecule has 26 heavy (non-hydrogen) atoms. The van der Waals surface area contributed by atoms with Crippen LogP contribution in [-0.2, 0) is 6.42 Å². The molecule has 0 saturated heterocycles. The van der Waals surface area contributed by atoms with Crippen molar-refractivity contribution in [3.63, 3.8) is 0 Å². The minimum Gasteiger partial charge on any atom is -0.497 e. The maximum Gasteiger partial charge on any atom is 0.256 e. The molecule has 1 aromatic heterocycles. The molecule has 0 spiro atoms. The first-order valence-electron chi connectivity index (χ1n) is 8.72. The maximum absolute atomic E-state index is 12.6. The van der Waals surface area contributed by atoms with Crippen LogP contribution in [0.5, 0.6) is 5.75 Å². The third-order valence-electron chi connectivity index (χ3n) is 4.59. The van der Waals surface area contributed by atoms with Crippen LogP contribution in [0.25, 0.3) is 16.5 Å². The van der Waals surface area contributed by atoms with E-state index in [1.807, 2.05) is 74.5 Å². The number of pyridine rings is 1. The van der Waals surface area contributed by atoms with Crippen LogP contribution in [0.1, 0.15) is 23.6 Å². The fourth-order valence-electron chi connectivity index (χ4n) is 3.16. The number of allylic oxidation sites excluding steroid dienone is 4. The highest BCUT2D eigenvalue weighted by molar-refractivity contribution is 5.88. The normalized spacial score (nSPS) is 12.0. The largest absolute Gasteiger partial charge is 0.497 e. The van der Waals surface area contributed by atoms with Gasteiger partial charge in [0.1, 0.15) is 5.75 Å². The molecule has 0 radical (unpaired) electrons. The Morgan fingerprint density at radius 3 is 2.54 bits per heavy atom. The van der Waals surface area contributed by atoms with Crippen LogP contribution in [0.15, 0.2) is 71.6 Å². The summed E-state index contributed by atoms with van der Waals surface area (Å²) < 4.78 is 5.18. The fraction of sp³-hybridized carbons (Fsp3) is 0.174. The van der Waals surface area contributed by atoms with Crippen molar-refractivity contribution in [3.05, 3.63) is 93.8 Å². The number of aromatic nitrogens is 1. The van der Waals surface area contributed by atoms with E-state index in [1.165, 1.54) is 5.56 Å². The van der Waals surface area contributed by atoms with Crippen LogP contribution < -0.4 is 10.3 Å². The van der Waals surface area contributed by atoms with Gasteiger partial charge < -0.3 is 9.72 Å². The van der Waals surface area contributed by atoms with Crippen LogP contribution in [0.4, 0.5) is 0 Å².